The predicted molar refractivity (Wildman–Crippen MR) is 78.1 cm³/mol. The summed E-state index contributed by atoms with van der Waals surface area (Å²) in [5.74, 6) is -0.208. The van der Waals surface area contributed by atoms with Crippen molar-refractivity contribution in [1.29, 1.82) is 0 Å². The standard InChI is InChI=1S/C14H14N2O3S/c1-9(12-7-10(17)4-5-13(12)18)15-16-14(19)8-11-3-2-6-20-11/h2-7,17-18H,8H2,1H3,(H,16,19)/b15-9+. The van der Waals surface area contributed by atoms with Crippen LogP contribution in [-0.4, -0.2) is 21.8 Å². The first-order valence-corrected chi connectivity index (χ1v) is 6.82. The van der Waals surface area contributed by atoms with E-state index in [0.29, 0.717) is 11.3 Å². The van der Waals surface area contributed by atoms with Crippen molar-refractivity contribution in [3.8, 4) is 11.5 Å². The number of phenols is 2. The maximum atomic E-state index is 11.7. The summed E-state index contributed by atoms with van der Waals surface area (Å²) in [7, 11) is 0. The first-order chi connectivity index (χ1) is 9.56. The van der Waals surface area contributed by atoms with Gasteiger partial charge < -0.3 is 10.2 Å². The molecule has 0 saturated carbocycles. The molecule has 6 heteroatoms. The van der Waals surface area contributed by atoms with Gasteiger partial charge in [-0.05, 0) is 36.6 Å². The number of hydrogen-bond donors (Lipinski definition) is 3. The normalized spacial score (nSPS) is 11.3. The molecule has 0 fully saturated rings. The number of amides is 1. The average Bonchev–Trinajstić information content (AvgIpc) is 2.91. The molecule has 1 aromatic carbocycles. The van der Waals surface area contributed by atoms with Gasteiger partial charge in [0.1, 0.15) is 11.5 Å². The van der Waals surface area contributed by atoms with Crippen molar-refractivity contribution in [2.45, 2.75) is 13.3 Å². The Morgan fingerprint density at radius 3 is 2.85 bits per heavy atom. The molecular weight excluding hydrogens is 276 g/mol. The SMILES string of the molecule is C/C(=N\NC(=O)Cc1cccs1)c1cc(O)ccc1O. The van der Waals surface area contributed by atoms with Crippen molar-refractivity contribution >= 4 is 23.0 Å². The number of phenolic OH excluding ortho intramolecular Hbond substituents is 2. The molecule has 1 amide bonds. The number of carbonyl (C=O) groups excluding carboxylic acids is 1. The number of hydrazone groups is 1. The predicted octanol–water partition coefficient (Wildman–Crippen LogP) is 2.24. The number of benzene rings is 1. The van der Waals surface area contributed by atoms with Crippen molar-refractivity contribution in [2.75, 3.05) is 0 Å². The minimum atomic E-state index is -0.230. The zero-order valence-electron chi connectivity index (χ0n) is 10.8. The summed E-state index contributed by atoms with van der Waals surface area (Å²) >= 11 is 1.50. The van der Waals surface area contributed by atoms with Crippen molar-refractivity contribution in [3.05, 3.63) is 46.2 Å². The van der Waals surface area contributed by atoms with Gasteiger partial charge in [-0.1, -0.05) is 6.07 Å². The lowest BCUT2D eigenvalue weighted by Crippen LogP contribution is -2.20. The van der Waals surface area contributed by atoms with Crippen molar-refractivity contribution in [3.63, 3.8) is 0 Å². The van der Waals surface area contributed by atoms with Gasteiger partial charge in [0.25, 0.3) is 0 Å². The zero-order valence-corrected chi connectivity index (χ0v) is 11.6. The largest absolute Gasteiger partial charge is 0.508 e. The minimum Gasteiger partial charge on any atom is -0.508 e. The van der Waals surface area contributed by atoms with Crippen LogP contribution in [-0.2, 0) is 11.2 Å². The lowest BCUT2D eigenvalue weighted by atomic mass is 10.1. The van der Waals surface area contributed by atoms with E-state index >= 15 is 0 Å². The number of rotatable bonds is 4. The lowest BCUT2D eigenvalue weighted by molar-refractivity contribution is -0.120. The third-order valence-electron chi connectivity index (χ3n) is 2.63. The molecule has 2 aromatic rings. The molecule has 0 aliphatic rings. The molecule has 0 radical (unpaired) electrons. The van der Waals surface area contributed by atoms with Gasteiger partial charge in [0, 0.05) is 10.4 Å². The van der Waals surface area contributed by atoms with Crippen molar-refractivity contribution in [2.24, 2.45) is 5.10 Å². The van der Waals surface area contributed by atoms with Crippen LogP contribution in [0.1, 0.15) is 17.4 Å². The van der Waals surface area contributed by atoms with Crippen LogP contribution in [0.25, 0.3) is 0 Å². The van der Waals surface area contributed by atoms with Gasteiger partial charge in [-0.25, -0.2) is 5.43 Å². The van der Waals surface area contributed by atoms with E-state index < -0.39 is 0 Å². The van der Waals surface area contributed by atoms with Gasteiger partial charge in [-0.3, -0.25) is 4.79 Å². The highest BCUT2D eigenvalue weighted by Crippen LogP contribution is 2.22. The number of nitrogens with zero attached hydrogens (tertiary/aromatic N) is 1. The molecule has 1 aromatic heterocycles. The molecule has 0 aliphatic heterocycles. The van der Waals surface area contributed by atoms with Crippen LogP contribution in [0.3, 0.4) is 0 Å². The summed E-state index contributed by atoms with van der Waals surface area (Å²) in [6, 6.07) is 7.90. The van der Waals surface area contributed by atoms with Gasteiger partial charge in [-0.2, -0.15) is 5.10 Å². The van der Waals surface area contributed by atoms with Crippen LogP contribution in [0, 0.1) is 0 Å². The molecule has 5 nitrogen and oxygen atoms in total. The average molecular weight is 290 g/mol. The first kappa shape index (κ1) is 14.1. The van der Waals surface area contributed by atoms with E-state index in [1.165, 1.54) is 29.5 Å². The van der Waals surface area contributed by atoms with Crippen LogP contribution >= 0.6 is 11.3 Å². The van der Waals surface area contributed by atoms with Crippen LogP contribution in [0.4, 0.5) is 0 Å². The number of aromatic hydroxyl groups is 2. The van der Waals surface area contributed by atoms with E-state index in [0.717, 1.165) is 4.88 Å². The van der Waals surface area contributed by atoms with E-state index in [1.54, 1.807) is 6.92 Å². The Labute approximate surface area is 120 Å². The molecule has 104 valence electrons. The van der Waals surface area contributed by atoms with Crippen LogP contribution in [0.15, 0.2) is 40.8 Å². The molecule has 0 bridgehead atoms. The quantitative estimate of drug-likeness (QED) is 0.459. The Kier molecular flexibility index (Phi) is 4.37. The summed E-state index contributed by atoms with van der Waals surface area (Å²) in [4.78, 5) is 12.6. The maximum absolute atomic E-state index is 11.7. The topological polar surface area (TPSA) is 81.9 Å². The molecule has 0 spiro atoms. The molecule has 0 atom stereocenters. The summed E-state index contributed by atoms with van der Waals surface area (Å²) in [6.45, 7) is 1.64. The van der Waals surface area contributed by atoms with E-state index in [-0.39, 0.29) is 23.8 Å². The highest BCUT2D eigenvalue weighted by molar-refractivity contribution is 7.10. The van der Waals surface area contributed by atoms with Gasteiger partial charge in [0.15, 0.2) is 0 Å². The second-order valence-electron chi connectivity index (χ2n) is 4.19. The molecular formula is C14H14N2O3S. The summed E-state index contributed by atoms with van der Waals surface area (Å²) < 4.78 is 0. The van der Waals surface area contributed by atoms with E-state index in [9.17, 15) is 15.0 Å². The number of hydrogen-bond acceptors (Lipinski definition) is 5. The Morgan fingerprint density at radius 1 is 1.35 bits per heavy atom. The summed E-state index contributed by atoms with van der Waals surface area (Å²) in [5, 5.41) is 24.9. The maximum Gasteiger partial charge on any atom is 0.245 e. The Hall–Kier alpha value is -2.34. The third-order valence-corrected chi connectivity index (χ3v) is 3.51. The van der Waals surface area contributed by atoms with E-state index in [4.69, 9.17) is 0 Å². The lowest BCUT2D eigenvalue weighted by Gasteiger charge is -2.05. The fraction of sp³-hybridized carbons (Fsp3) is 0.143. The molecule has 2 rings (SSSR count). The van der Waals surface area contributed by atoms with Crippen LogP contribution < -0.4 is 5.43 Å². The van der Waals surface area contributed by atoms with Gasteiger partial charge in [0.05, 0.1) is 12.1 Å². The third kappa shape index (κ3) is 3.58. The molecule has 0 saturated heterocycles. The number of nitrogens with one attached hydrogen (secondary N) is 1. The second-order valence-corrected chi connectivity index (χ2v) is 5.22. The Morgan fingerprint density at radius 2 is 2.15 bits per heavy atom. The highest BCUT2D eigenvalue weighted by atomic mass is 32.1. The molecule has 1 heterocycles. The monoisotopic (exact) mass is 290 g/mol. The second kappa shape index (κ2) is 6.21. The summed E-state index contributed by atoms with van der Waals surface area (Å²) in [6.07, 6.45) is 0.264. The van der Waals surface area contributed by atoms with E-state index in [2.05, 4.69) is 10.5 Å². The Bertz CT molecular complexity index is 636. The van der Waals surface area contributed by atoms with Crippen molar-refractivity contribution < 1.29 is 15.0 Å². The molecule has 3 N–H and O–H groups in total. The summed E-state index contributed by atoms with van der Waals surface area (Å²) in [5.41, 5.74) is 3.22. The van der Waals surface area contributed by atoms with E-state index in [1.807, 2.05) is 17.5 Å². The zero-order chi connectivity index (χ0) is 14.5. The number of carbonyl (C=O) groups is 1. The smallest absolute Gasteiger partial charge is 0.245 e. The fourth-order valence-corrected chi connectivity index (χ4v) is 2.33. The van der Waals surface area contributed by atoms with Gasteiger partial charge >= 0.3 is 0 Å². The minimum absolute atomic E-state index is 0.00319. The highest BCUT2D eigenvalue weighted by Gasteiger charge is 2.07. The first-order valence-electron chi connectivity index (χ1n) is 5.94. The Balaban J connectivity index is 2.03. The van der Waals surface area contributed by atoms with Crippen LogP contribution in [0.5, 0.6) is 11.5 Å². The van der Waals surface area contributed by atoms with Crippen molar-refractivity contribution in [1.82, 2.24) is 5.43 Å². The van der Waals surface area contributed by atoms with Gasteiger partial charge in [-0.15, -0.1) is 11.3 Å². The van der Waals surface area contributed by atoms with Crippen LogP contribution in [0.2, 0.25) is 0 Å². The van der Waals surface area contributed by atoms with Gasteiger partial charge in [0.2, 0.25) is 5.91 Å². The number of thiophene rings is 1. The molecule has 20 heavy (non-hydrogen) atoms. The fourth-order valence-electron chi connectivity index (χ4n) is 1.63. The molecule has 0 unspecified atom stereocenters. The molecule has 0 aliphatic carbocycles.